The zero-order valence-corrected chi connectivity index (χ0v) is 13.5. The van der Waals surface area contributed by atoms with Gasteiger partial charge >= 0.3 is 0 Å². The van der Waals surface area contributed by atoms with Crippen LogP contribution in [0.2, 0.25) is 0 Å². The first-order valence-electron chi connectivity index (χ1n) is 7.21. The highest BCUT2D eigenvalue weighted by Crippen LogP contribution is 2.32. The van der Waals surface area contributed by atoms with E-state index < -0.39 is 15.1 Å². The fourth-order valence-corrected chi connectivity index (χ4v) is 3.86. The molecule has 0 radical (unpaired) electrons. The monoisotopic (exact) mass is 310 g/mol. The number of hydrogen-bond donors (Lipinski definition) is 2. The summed E-state index contributed by atoms with van der Waals surface area (Å²) in [6, 6.07) is 5.06. The van der Waals surface area contributed by atoms with Crippen molar-refractivity contribution >= 4 is 21.4 Å². The summed E-state index contributed by atoms with van der Waals surface area (Å²) in [6.45, 7) is 5.69. The second-order valence-corrected chi connectivity index (χ2v) is 8.15. The molecule has 1 saturated heterocycles. The molecule has 1 atom stereocenters. The van der Waals surface area contributed by atoms with Crippen LogP contribution in [0.15, 0.2) is 23.1 Å². The lowest BCUT2D eigenvalue weighted by atomic mass is 10.0. The number of anilines is 1. The van der Waals surface area contributed by atoms with Crippen LogP contribution in [0.1, 0.15) is 45.2 Å². The fourth-order valence-electron chi connectivity index (χ4n) is 2.56. The van der Waals surface area contributed by atoms with Crippen LogP contribution in [-0.4, -0.2) is 26.1 Å². The molecular formula is C15H22N2O3S. The third-order valence-corrected chi connectivity index (χ3v) is 5.92. The highest BCUT2D eigenvalue weighted by Gasteiger charge is 2.28. The first-order valence-corrected chi connectivity index (χ1v) is 8.76. The Bertz CT molecular complexity index is 632. The standard InChI is InChI=1S/C15H22N2O3S/c1-10(2)21(19,20)15-7-6-12(17-11(3)18)9-13(15)14-5-4-8-16-14/h6-7,9-10,14,16H,4-5,8H2,1-3H3,(H,17,18). The Labute approximate surface area is 126 Å². The van der Waals surface area contributed by atoms with Gasteiger partial charge in [-0.1, -0.05) is 0 Å². The summed E-state index contributed by atoms with van der Waals surface area (Å²) in [7, 11) is -3.34. The molecule has 1 aliphatic rings. The summed E-state index contributed by atoms with van der Waals surface area (Å²) < 4.78 is 25.1. The second-order valence-electron chi connectivity index (χ2n) is 5.68. The van der Waals surface area contributed by atoms with Gasteiger partial charge < -0.3 is 10.6 Å². The third-order valence-electron chi connectivity index (χ3n) is 3.69. The summed E-state index contributed by atoms with van der Waals surface area (Å²) in [4.78, 5) is 11.6. The lowest BCUT2D eigenvalue weighted by Crippen LogP contribution is -2.21. The highest BCUT2D eigenvalue weighted by molar-refractivity contribution is 7.92. The predicted octanol–water partition coefficient (Wildman–Crippen LogP) is 2.25. The molecule has 1 aromatic carbocycles. The molecule has 1 fully saturated rings. The van der Waals surface area contributed by atoms with Crippen LogP contribution in [0.5, 0.6) is 0 Å². The van der Waals surface area contributed by atoms with Crippen molar-refractivity contribution < 1.29 is 13.2 Å². The summed E-state index contributed by atoms with van der Waals surface area (Å²) in [5.74, 6) is -0.167. The minimum atomic E-state index is -3.34. The van der Waals surface area contributed by atoms with Crippen LogP contribution in [0.3, 0.4) is 0 Å². The summed E-state index contributed by atoms with van der Waals surface area (Å²) >= 11 is 0. The molecule has 116 valence electrons. The van der Waals surface area contributed by atoms with Crippen molar-refractivity contribution in [3.8, 4) is 0 Å². The van der Waals surface area contributed by atoms with E-state index in [0.29, 0.717) is 10.6 Å². The van der Waals surface area contributed by atoms with E-state index in [1.165, 1.54) is 6.92 Å². The lowest BCUT2D eigenvalue weighted by Gasteiger charge is -2.19. The van der Waals surface area contributed by atoms with Crippen molar-refractivity contribution in [3.05, 3.63) is 23.8 Å². The number of carbonyl (C=O) groups is 1. The van der Waals surface area contributed by atoms with Crippen molar-refractivity contribution in [1.29, 1.82) is 0 Å². The average molecular weight is 310 g/mol. The SMILES string of the molecule is CC(=O)Nc1ccc(S(=O)(=O)C(C)C)c(C2CCCN2)c1. The third kappa shape index (κ3) is 3.44. The zero-order chi connectivity index (χ0) is 15.6. The van der Waals surface area contributed by atoms with Crippen molar-refractivity contribution in [1.82, 2.24) is 5.32 Å². The van der Waals surface area contributed by atoms with Crippen molar-refractivity contribution in [2.24, 2.45) is 0 Å². The molecule has 0 bridgehead atoms. The molecule has 21 heavy (non-hydrogen) atoms. The van der Waals surface area contributed by atoms with Gasteiger partial charge in [-0.3, -0.25) is 4.79 Å². The molecule has 0 aromatic heterocycles. The Kier molecular flexibility index (Phi) is 4.68. The number of hydrogen-bond acceptors (Lipinski definition) is 4. The number of nitrogens with one attached hydrogen (secondary N) is 2. The Morgan fingerprint density at radius 3 is 2.62 bits per heavy atom. The molecule has 1 unspecified atom stereocenters. The first kappa shape index (κ1) is 16.0. The molecule has 6 heteroatoms. The molecule has 0 aliphatic carbocycles. The maximum atomic E-state index is 12.5. The van der Waals surface area contributed by atoms with Crippen molar-refractivity contribution in [2.75, 3.05) is 11.9 Å². The molecule has 1 heterocycles. The smallest absolute Gasteiger partial charge is 0.221 e. The number of benzene rings is 1. The molecule has 5 nitrogen and oxygen atoms in total. The Hall–Kier alpha value is -1.40. The average Bonchev–Trinajstić information content (AvgIpc) is 2.91. The molecule has 1 amide bonds. The van der Waals surface area contributed by atoms with Gasteiger partial charge in [0.15, 0.2) is 9.84 Å². The van der Waals surface area contributed by atoms with E-state index in [1.807, 2.05) is 0 Å². The topological polar surface area (TPSA) is 75.3 Å². The van der Waals surface area contributed by atoms with Crippen molar-refractivity contribution in [2.45, 2.75) is 49.8 Å². The number of amides is 1. The highest BCUT2D eigenvalue weighted by atomic mass is 32.2. The van der Waals surface area contributed by atoms with Crippen LogP contribution >= 0.6 is 0 Å². The maximum Gasteiger partial charge on any atom is 0.221 e. The van der Waals surface area contributed by atoms with Crippen LogP contribution in [0, 0.1) is 0 Å². The molecule has 1 aromatic rings. The predicted molar refractivity (Wildman–Crippen MR) is 83.0 cm³/mol. The Morgan fingerprint density at radius 2 is 2.10 bits per heavy atom. The van der Waals surface area contributed by atoms with E-state index >= 15 is 0 Å². The van der Waals surface area contributed by atoms with Crippen LogP contribution in [-0.2, 0) is 14.6 Å². The van der Waals surface area contributed by atoms with E-state index in [-0.39, 0.29) is 11.9 Å². The quantitative estimate of drug-likeness (QED) is 0.894. The molecule has 1 aliphatic heterocycles. The van der Waals surface area contributed by atoms with Gasteiger partial charge in [-0.25, -0.2) is 8.42 Å². The fraction of sp³-hybridized carbons (Fsp3) is 0.533. The molecule has 2 N–H and O–H groups in total. The van der Waals surface area contributed by atoms with E-state index in [4.69, 9.17) is 0 Å². The van der Waals surface area contributed by atoms with Gasteiger partial charge in [0.25, 0.3) is 0 Å². The lowest BCUT2D eigenvalue weighted by molar-refractivity contribution is -0.114. The van der Waals surface area contributed by atoms with Gasteiger partial charge in [0.2, 0.25) is 5.91 Å². The first-order chi connectivity index (χ1) is 9.82. The van der Waals surface area contributed by atoms with E-state index in [2.05, 4.69) is 10.6 Å². The van der Waals surface area contributed by atoms with Gasteiger partial charge in [-0.15, -0.1) is 0 Å². The van der Waals surface area contributed by atoms with Gasteiger partial charge in [0, 0.05) is 18.7 Å². The van der Waals surface area contributed by atoms with Crippen molar-refractivity contribution in [3.63, 3.8) is 0 Å². The van der Waals surface area contributed by atoms with Crippen LogP contribution in [0.25, 0.3) is 0 Å². The Balaban J connectivity index is 2.51. The van der Waals surface area contributed by atoms with Gasteiger partial charge in [0.05, 0.1) is 10.1 Å². The largest absolute Gasteiger partial charge is 0.326 e. The number of rotatable bonds is 4. The summed E-state index contributed by atoms with van der Waals surface area (Å²) in [5.41, 5.74) is 1.39. The van der Waals surface area contributed by atoms with Gasteiger partial charge in [-0.2, -0.15) is 0 Å². The zero-order valence-electron chi connectivity index (χ0n) is 12.6. The van der Waals surface area contributed by atoms with E-state index in [1.54, 1.807) is 32.0 Å². The maximum absolute atomic E-state index is 12.5. The van der Waals surface area contributed by atoms with E-state index in [0.717, 1.165) is 24.9 Å². The normalized spacial score (nSPS) is 19.0. The minimum Gasteiger partial charge on any atom is -0.326 e. The van der Waals surface area contributed by atoms with Gasteiger partial charge in [-0.05, 0) is 57.0 Å². The second kappa shape index (κ2) is 6.15. The summed E-state index contributed by atoms with van der Waals surface area (Å²) in [5, 5.41) is 5.57. The number of carbonyl (C=O) groups excluding carboxylic acids is 1. The Morgan fingerprint density at radius 1 is 1.38 bits per heavy atom. The van der Waals surface area contributed by atoms with Crippen LogP contribution < -0.4 is 10.6 Å². The van der Waals surface area contributed by atoms with E-state index in [9.17, 15) is 13.2 Å². The minimum absolute atomic E-state index is 0.0298. The molecule has 0 spiro atoms. The van der Waals surface area contributed by atoms with Crippen LogP contribution in [0.4, 0.5) is 5.69 Å². The number of sulfone groups is 1. The molecule has 2 rings (SSSR count). The molecule has 0 saturated carbocycles. The molecular weight excluding hydrogens is 288 g/mol. The summed E-state index contributed by atoms with van der Waals surface area (Å²) in [6.07, 6.45) is 1.93. The van der Waals surface area contributed by atoms with Gasteiger partial charge in [0.1, 0.15) is 0 Å².